The molecule has 14 heavy (non-hydrogen) atoms. The van der Waals surface area contributed by atoms with E-state index >= 15 is 0 Å². The number of nitrogens with one attached hydrogen (secondary N) is 1. The molecule has 0 atom stereocenters. The Labute approximate surface area is 83.6 Å². The quantitative estimate of drug-likeness (QED) is 0.732. The first kappa shape index (κ1) is 10.1. The molecule has 0 unspecified atom stereocenters. The van der Waals surface area contributed by atoms with Crippen molar-refractivity contribution in [2.24, 2.45) is 0 Å². The lowest BCUT2D eigenvalue weighted by Crippen LogP contribution is -2.00. The van der Waals surface area contributed by atoms with Crippen molar-refractivity contribution < 1.29 is 0 Å². The average Bonchev–Trinajstić information content (AvgIpc) is 2.25. The first-order chi connectivity index (χ1) is 6.86. The van der Waals surface area contributed by atoms with Crippen LogP contribution in [0.1, 0.15) is 18.4 Å². The molecule has 0 aliphatic heterocycles. The number of rotatable bonds is 4. The van der Waals surface area contributed by atoms with Gasteiger partial charge in [0.25, 0.3) is 0 Å². The van der Waals surface area contributed by atoms with Crippen molar-refractivity contribution in [3.05, 3.63) is 29.8 Å². The third-order valence-electron chi connectivity index (χ3n) is 1.79. The van der Waals surface area contributed by atoms with Crippen molar-refractivity contribution >= 4 is 5.69 Å². The number of unbranched alkanes of at least 4 members (excludes halogenated alkanes) is 1. The van der Waals surface area contributed by atoms with Crippen LogP contribution < -0.4 is 5.32 Å². The highest BCUT2D eigenvalue weighted by Gasteiger charge is 1.93. The summed E-state index contributed by atoms with van der Waals surface area (Å²) in [4.78, 5) is 0. The number of hydrogen-bond acceptors (Lipinski definition) is 3. The van der Waals surface area contributed by atoms with Crippen molar-refractivity contribution in [2.75, 3.05) is 11.9 Å². The Balaban J connectivity index is 2.44. The lowest BCUT2D eigenvalue weighted by atomic mass is 10.2. The van der Waals surface area contributed by atoms with Gasteiger partial charge in [-0.3, -0.25) is 0 Å². The van der Waals surface area contributed by atoms with Crippen LogP contribution in [0.5, 0.6) is 0 Å². The molecule has 70 valence electrons. The Morgan fingerprint density at radius 3 is 2.86 bits per heavy atom. The first-order valence-corrected chi connectivity index (χ1v) is 4.48. The van der Waals surface area contributed by atoms with E-state index < -0.39 is 0 Å². The molecule has 0 bridgehead atoms. The summed E-state index contributed by atoms with van der Waals surface area (Å²) in [6, 6.07) is 11.5. The Morgan fingerprint density at radius 1 is 1.29 bits per heavy atom. The van der Waals surface area contributed by atoms with Crippen molar-refractivity contribution in [1.82, 2.24) is 0 Å². The molecule has 0 saturated carbocycles. The molecule has 0 heterocycles. The fourth-order valence-corrected chi connectivity index (χ4v) is 1.10. The monoisotopic (exact) mass is 185 g/mol. The second-order valence-electron chi connectivity index (χ2n) is 2.88. The third kappa shape index (κ3) is 3.16. The molecule has 0 fully saturated rings. The fourth-order valence-electron chi connectivity index (χ4n) is 1.10. The molecule has 0 amide bonds. The van der Waals surface area contributed by atoms with E-state index in [1.165, 1.54) is 0 Å². The summed E-state index contributed by atoms with van der Waals surface area (Å²) in [6.07, 6.45) is 1.39. The normalized spacial score (nSPS) is 8.71. The van der Waals surface area contributed by atoms with E-state index in [4.69, 9.17) is 10.5 Å². The molecule has 0 aromatic heterocycles. The molecule has 1 aromatic carbocycles. The average molecular weight is 185 g/mol. The van der Waals surface area contributed by atoms with Gasteiger partial charge in [0.05, 0.1) is 17.7 Å². The molecule has 3 nitrogen and oxygen atoms in total. The highest BCUT2D eigenvalue weighted by atomic mass is 14.9. The summed E-state index contributed by atoms with van der Waals surface area (Å²) in [5.74, 6) is 0. The maximum Gasteiger partial charge on any atom is 0.0992 e. The molecular weight excluding hydrogens is 174 g/mol. The molecule has 0 spiro atoms. The van der Waals surface area contributed by atoms with Gasteiger partial charge in [0, 0.05) is 18.7 Å². The lowest BCUT2D eigenvalue weighted by Gasteiger charge is -2.04. The van der Waals surface area contributed by atoms with Crippen LogP contribution in [0.15, 0.2) is 24.3 Å². The van der Waals surface area contributed by atoms with Crippen LogP contribution in [-0.2, 0) is 0 Å². The van der Waals surface area contributed by atoms with Crippen molar-refractivity contribution in [2.45, 2.75) is 12.8 Å². The van der Waals surface area contributed by atoms with E-state index in [1.54, 1.807) is 12.1 Å². The van der Waals surface area contributed by atoms with Crippen molar-refractivity contribution in [3.63, 3.8) is 0 Å². The SMILES string of the molecule is N#CCCCNc1cccc(C#N)c1. The minimum atomic E-state index is 0.560. The maximum absolute atomic E-state index is 8.65. The van der Waals surface area contributed by atoms with Gasteiger partial charge in [0.15, 0.2) is 0 Å². The predicted octanol–water partition coefficient (Wildman–Crippen LogP) is 2.27. The van der Waals surface area contributed by atoms with E-state index in [9.17, 15) is 0 Å². The van der Waals surface area contributed by atoms with Crippen LogP contribution in [0, 0.1) is 22.7 Å². The van der Waals surface area contributed by atoms with Crippen LogP contribution in [0.3, 0.4) is 0 Å². The zero-order valence-corrected chi connectivity index (χ0v) is 7.83. The van der Waals surface area contributed by atoms with E-state index in [-0.39, 0.29) is 0 Å². The third-order valence-corrected chi connectivity index (χ3v) is 1.79. The van der Waals surface area contributed by atoms with Crippen LogP contribution in [0.25, 0.3) is 0 Å². The summed E-state index contributed by atoms with van der Waals surface area (Å²) in [7, 11) is 0. The summed E-state index contributed by atoms with van der Waals surface area (Å²) >= 11 is 0. The van der Waals surface area contributed by atoms with Crippen LogP contribution in [0.2, 0.25) is 0 Å². The number of hydrogen-bond donors (Lipinski definition) is 1. The van der Waals surface area contributed by atoms with Crippen LogP contribution in [-0.4, -0.2) is 6.54 Å². The highest BCUT2D eigenvalue weighted by molar-refractivity contribution is 5.48. The van der Waals surface area contributed by atoms with E-state index in [2.05, 4.69) is 17.5 Å². The molecule has 3 heteroatoms. The second-order valence-corrected chi connectivity index (χ2v) is 2.88. The molecule has 0 aliphatic carbocycles. The topological polar surface area (TPSA) is 59.6 Å². The van der Waals surface area contributed by atoms with E-state index in [0.717, 1.165) is 18.7 Å². The van der Waals surface area contributed by atoms with Crippen LogP contribution >= 0.6 is 0 Å². The molecule has 1 N–H and O–H groups in total. The smallest absolute Gasteiger partial charge is 0.0992 e. The Bertz CT molecular complexity index is 371. The van der Waals surface area contributed by atoms with Gasteiger partial charge in [-0.1, -0.05) is 6.07 Å². The van der Waals surface area contributed by atoms with Gasteiger partial charge >= 0.3 is 0 Å². The standard InChI is InChI=1S/C11H11N3/c12-6-1-2-7-14-11-5-3-4-10(8-11)9-13/h3-5,8,14H,1-2,7H2. The van der Waals surface area contributed by atoms with Gasteiger partial charge in [0.2, 0.25) is 0 Å². The fraction of sp³-hybridized carbons (Fsp3) is 0.273. The van der Waals surface area contributed by atoms with E-state index in [1.807, 2.05) is 12.1 Å². The minimum Gasteiger partial charge on any atom is -0.385 e. The molecule has 1 aromatic rings. The van der Waals surface area contributed by atoms with Crippen LogP contribution in [0.4, 0.5) is 5.69 Å². The molecule has 1 rings (SSSR count). The zero-order valence-electron chi connectivity index (χ0n) is 7.83. The lowest BCUT2D eigenvalue weighted by molar-refractivity contribution is 0.897. The molecule has 0 aliphatic rings. The second kappa shape index (κ2) is 5.61. The number of nitriles is 2. The summed E-state index contributed by atoms with van der Waals surface area (Å²) in [6.45, 7) is 0.766. The number of anilines is 1. The first-order valence-electron chi connectivity index (χ1n) is 4.48. The Morgan fingerprint density at radius 2 is 2.14 bits per heavy atom. The number of benzene rings is 1. The zero-order chi connectivity index (χ0) is 10.2. The summed E-state index contributed by atoms with van der Waals surface area (Å²) in [5.41, 5.74) is 1.58. The van der Waals surface area contributed by atoms with Crippen molar-refractivity contribution in [3.8, 4) is 12.1 Å². The van der Waals surface area contributed by atoms with Gasteiger partial charge in [-0.15, -0.1) is 0 Å². The minimum absolute atomic E-state index is 0.560. The Kier molecular flexibility index (Phi) is 4.04. The van der Waals surface area contributed by atoms with Gasteiger partial charge in [0.1, 0.15) is 0 Å². The maximum atomic E-state index is 8.65. The van der Waals surface area contributed by atoms with Crippen molar-refractivity contribution in [1.29, 1.82) is 10.5 Å². The van der Waals surface area contributed by atoms with Gasteiger partial charge in [-0.2, -0.15) is 10.5 Å². The number of nitrogens with zero attached hydrogens (tertiary/aromatic N) is 2. The molecule has 0 saturated heterocycles. The summed E-state index contributed by atoms with van der Waals surface area (Å²) in [5, 5.41) is 20.1. The van der Waals surface area contributed by atoms with E-state index in [0.29, 0.717) is 12.0 Å². The van der Waals surface area contributed by atoms with Gasteiger partial charge in [-0.25, -0.2) is 0 Å². The summed E-state index contributed by atoms with van der Waals surface area (Å²) < 4.78 is 0. The molecular formula is C11H11N3. The van der Waals surface area contributed by atoms with Gasteiger partial charge in [-0.05, 0) is 24.6 Å². The largest absolute Gasteiger partial charge is 0.385 e. The Hall–Kier alpha value is -2.00. The molecule has 0 radical (unpaired) electrons. The highest BCUT2D eigenvalue weighted by Crippen LogP contribution is 2.09. The predicted molar refractivity (Wildman–Crippen MR) is 54.5 cm³/mol. The van der Waals surface area contributed by atoms with Gasteiger partial charge < -0.3 is 5.32 Å².